The van der Waals surface area contributed by atoms with Crippen LogP contribution in [0.2, 0.25) is 0 Å². The third-order valence-corrected chi connectivity index (χ3v) is 7.96. The van der Waals surface area contributed by atoms with Crippen molar-refractivity contribution in [3.8, 4) is 28.4 Å². The summed E-state index contributed by atoms with van der Waals surface area (Å²) in [6, 6.07) is 41.0. The summed E-state index contributed by atoms with van der Waals surface area (Å²) in [5.74, 6) is 2.60. The molecule has 0 saturated heterocycles. The van der Waals surface area contributed by atoms with Crippen LogP contribution in [-0.2, 0) is 10.8 Å². The number of hydrogen-bond acceptors (Lipinski definition) is 3. The summed E-state index contributed by atoms with van der Waals surface area (Å²) in [6.07, 6.45) is 4.60. The van der Waals surface area contributed by atoms with Gasteiger partial charge in [0.25, 0.3) is 6.79 Å². The topological polar surface area (TPSA) is 51.2 Å². The lowest BCUT2D eigenvalue weighted by atomic mass is 10.1. The predicted molar refractivity (Wildman–Crippen MR) is 183 cm³/mol. The van der Waals surface area contributed by atoms with Gasteiger partial charge in [-0.2, -0.15) is 0 Å². The second kappa shape index (κ2) is 13.0. The number of nitrogens with zero attached hydrogens (tertiary/aromatic N) is 3. The average Bonchev–Trinajstić information content (AvgIpc) is 3.61. The maximum Gasteiger partial charge on any atom is 0.351 e. The number of carbonyl (C=O) groups excluding carboxylic acids is 1. The molecule has 0 aliphatic heterocycles. The van der Waals surface area contributed by atoms with Crippen LogP contribution in [0.1, 0.15) is 11.1 Å². The molecule has 5 nitrogen and oxygen atoms in total. The van der Waals surface area contributed by atoms with Crippen molar-refractivity contribution in [1.82, 2.24) is 14.5 Å². The minimum absolute atomic E-state index is 0.835. The highest BCUT2D eigenvalue weighted by Crippen LogP contribution is 2.38. The molecule has 6 heteroatoms. The Kier molecular flexibility index (Phi) is 8.56. The quantitative estimate of drug-likeness (QED) is 0.107. The van der Waals surface area contributed by atoms with Gasteiger partial charge in [0.1, 0.15) is 15.3 Å². The van der Waals surface area contributed by atoms with Crippen LogP contribution in [0.25, 0.3) is 38.8 Å². The number of methoxy groups -OCH3 is 1. The summed E-state index contributed by atoms with van der Waals surface area (Å²) in [4.78, 5) is 8.46. The predicted octanol–water partition coefficient (Wildman–Crippen LogP) is 9.21. The number of fused-ring (bicyclic) bond motifs is 6. The molecule has 0 spiro atoms. The van der Waals surface area contributed by atoms with Crippen molar-refractivity contribution in [3.05, 3.63) is 149 Å². The van der Waals surface area contributed by atoms with Crippen LogP contribution in [0.5, 0.6) is 11.5 Å². The molecule has 43 heavy (non-hydrogen) atoms. The average molecular weight is 675 g/mol. The lowest BCUT2D eigenvalue weighted by Crippen LogP contribution is -1.96. The Labute approximate surface area is 264 Å². The Morgan fingerprint density at radius 3 is 2.14 bits per heavy atom. The molecule has 3 aromatic heterocycles. The number of halogens is 1. The monoisotopic (exact) mass is 674 g/mol. The Morgan fingerprint density at radius 2 is 1.42 bits per heavy atom. The molecule has 1 aliphatic carbocycles. The van der Waals surface area contributed by atoms with Gasteiger partial charge in [0.15, 0.2) is 0 Å². The molecule has 7 aromatic rings. The first-order chi connectivity index (χ1) is 21.2. The molecule has 3 heterocycles. The lowest BCUT2D eigenvalue weighted by Gasteiger charge is -2.07. The third-order valence-electron chi connectivity index (χ3n) is 7.32. The molecule has 0 fully saturated rings. The van der Waals surface area contributed by atoms with Gasteiger partial charge in [-0.15, -0.1) is 0 Å². The van der Waals surface area contributed by atoms with E-state index >= 15 is 0 Å². The van der Waals surface area contributed by atoms with E-state index in [0.717, 1.165) is 38.5 Å². The molecular formula is C37H29IN3O2+. The molecule has 210 valence electrons. The molecular weight excluding hydrogens is 645 g/mol. The second-order valence-electron chi connectivity index (χ2n) is 9.87. The second-order valence-corrected chi connectivity index (χ2v) is 11.0. The summed E-state index contributed by atoms with van der Waals surface area (Å²) in [7, 11) is 1.69. The summed E-state index contributed by atoms with van der Waals surface area (Å²) in [5.41, 5.74) is 7.66. The highest BCUT2D eigenvalue weighted by molar-refractivity contribution is 14.1. The van der Waals surface area contributed by atoms with E-state index in [-0.39, 0.29) is 0 Å². The Balaban J connectivity index is 0.000000130. The minimum Gasteiger partial charge on any atom is -0.497 e. The smallest absolute Gasteiger partial charge is 0.351 e. The number of rotatable bonds is 3. The summed E-state index contributed by atoms with van der Waals surface area (Å²) < 4.78 is 13.6. The number of aromatic nitrogens is 3. The van der Waals surface area contributed by atoms with E-state index in [9.17, 15) is 0 Å². The van der Waals surface area contributed by atoms with Crippen molar-refractivity contribution >= 4 is 51.2 Å². The van der Waals surface area contributed by atoms with Crippen LogP contribution in [0.15, 0.2) is 134 Å². The zero-order valence-corrected chi connectivity index (χ0v) is 25.8. The van der Waals surface area contributed by atoms with Crippen molar-refractivity contribution in [3.63, 3.8) is 0 Å². The molecule has 1 aliphatic rings. The van der Waals surface area contributed by atoms with Crippen molar-refractivity contribution in [2.45, 2.75) is 6.42 Å². The molecule has 0 amide bonds. The van der Waals surface area contributed by atoms with Crippen LogP contribution < -0.4 is 4.74 Å². The van der Waals surface area contributed by atoms with E-state index in [1.807, 2.05) is 54.7 Å². The van der Waals surface area contributed by atoms with Gasteiger partial charge in [0.2, 0.25) is 0 Å². The van der Waals surface area contributed by atoms with E-state index in [4.69, 9.17) is 9.16 Å². The van der Waals surface area contributed by atoms with Crippen LogP contribution in [0, 0.1) is 3.70 Å². The summed E-state index contributed by atoms with van der Waals surface area (Å²) in [5, 5.41) is 2.43. The number of hydrogen-bond donors (Lipinski definition) is 0. The fourth-order valence-corrected chi connectivity index (χ4v) is 5.73. The van der Waals surface area contributed by atoms with Gasteiger partial charge >= 0.3 is 5.75 Å². The normalized spacial score (nSPS) is 11.0. The van der Waals surface area contributed by atoms with E-state index in [1.54, 1.807) is 13.3 Å². The van der Waals surface area contributed by atoms with Gasteiger partial charge in [-0.25, -0.2) is 9.41 Å². The van der Waals surface area contributed by atoms with Crippen molar-refractivity contribution in [2.75, 3.05) is 7.11 Å². The van der Waals surface area contributed by atoms with Crippen molar-refractivity contribution in [1.29, 1.82) is 0 Å². The molecule has 8 rings (SSSR count). The van der Waals surface area contributed by atoms with Gasteiger partial charge in [0.05, 0.1) is 18.1 Å². The Bertz CT molecular complexity index is 2020. The zero-order valence-electron chi connectivity index (χ0n) is 23.7. The van der Waals surface area contributed by atoms with Crippen LogP contribution in [0.4, 0.5) is 0 Å². The maximum atomic E-state index is 5.38. The fourth-order valence-electron chi connectivity index (χ4n) is 5.36. The maximum absolute atomic E-state index is 5.38. The number of pyridine rings is 2. The molecule has 0 atom stereocenters. The highest BCUT2D eigenvalue weighted by atomic mass is 127. The number of benzene rings is 4. The van der Waals surface area contributed by atoms with Gasteiger partial charge < -0.3 is 4.74 Å². The lowest BCUT2D eigenvalue weighted by molar-refractivity contribution is -0.354. The van der Waals surface area contributed by atoms with Crippen LogP contribution >= 0.6 is 22.6 Å². The van der Waals surface area contributed by atoms with Crippen molar-refractivity contribution < 1.29 is 9.16 Å². The number of para-hydroxylation sites is 1. The van der Waals surface area contributed by atoms with E-state index in [0.29, 0.717) is 0 Å². The molecule has 0 N–H and O–H groups in total. The van der Waals surface area contributed by atoms with Gasteiger partial charge in [-0.05, 0) is 99.8 Å². The Hall–Kier alpha value is -4.82. The minimum atomic E-state index is 0.835. The molecule has 0 saturated carbocycles. The van der Waals surface area contributed by atoms with E-state index in [2.05, 4.69) is 117 Å². The molecule has 0 bridgehead atoms. The first-order valence-corrected chi connectivity index (χ1v) is 14.9. The summed E-state index contributed by atoms with van der Waals surface area (Å²) in [6.45, 7) is 3.43. The van der Waals surface area contributed by atoms with Gasteiger partial charge in [0, 0.05) is 41.4 Å². The summed E-state index contributed by atoms with van der Waals surface area (Å²) >= 11 is 2.17. The SMILES string of the molecule is C=[O+]c1ccc2c(c1)Cc1ccccc1-2.COc1ccc2c3ccccc3n(-c3ccccn3)c2c1.Ic1ccccn1. The fraction of sp³-hybridized carbons (Fsp3) is 0.0541. The Morgan fingerprint density at radius 1 is 0.698 bits per heavy atom. The highest BCUT2D eigenvalue weighted by Gasteiger charge is 2.19. The first kappa shape index (κ1) is 28.3. The standard InChI is InChI=1S/C18H14N2O.C14H11O.C5H4IN/c1-21-13-9-10-15-14-6-2-3-7-16(14)20(17(15)12-13)18-8-4-5-11-19-18;1-15-12-6-7-14-11(9-12)8-10-4-2-3-5-13(10)14;6-5-3-1-2-4-7-5/h2-12H,1H3;2-7,9H,1,8H2;1-4H/q;+1;. The molecule has 0 radical (unpaired) electrons. The molecule has 4 aromatic carbocycles. The zero-order chi connectivity index (χ0) is 29.6. The van der Waals surface area contributed by atoms with E-state index < -0.39 is 0 Å². The largest absolute Gasteiger partial charge is 0.497 e. The van der Waals surface area contributed by atoms with Gasteiger partial charge in [-0.1, -0.05) is 54.6 Å². The van der Waals surface area contributed by atoms with Crippen LogP contribution in [0.3, 0.4) is 0 Å². The molecule has 0 unspecified atom stereocenters. The van der Waals surface area contributed by atoms with Gasteiger partial charge in [-0.3, -0.25) is 9.55 Å². The number of ether oxygens (including phenoxy) is 1. The van der Waals surface area contributed by atoms with E-state index in [1.165, 1.54) is 33.0 Å². The van der Waals surface area contributed by atoms with Crippen LogP contribution in [-0.4, -0.2) is 28.4 Å². The van der Waals surface area contributed by atoms with Crippen molar-refractivity contribution in [2.24, 2.45) is 0 Å². The third kappa shape index (κ3) is 6.05. The first-order valence-electron chi connectivity index (χ1n) is 13.8.